The zero-order valence-corrected chi connectivity index (χ0v) is 15.7. The standard InChI is InChI=1S/C21H23N3O4/c1-28-17-9-5-8-16(14-17)22-19(25)11-10-18-20(26)24(21(27)23-18)13-12-15-6-3-2-4-7-15/h2-9,14,18H,10-13H2,1H3,(H,22,25)(H,23,27). The maximum absolute atomic E-state index is 12.5. The molecule has 0 aliphatic carbocycles. The molecule has 0 spiro atoms. The van der Waals surface area contributed by atoms with Crippen molar-refractivity contribution in [2.24, 2.45) is 0 Å². The van der Waals surface area contributed by atoms with Crippen LogP contribution < -0.4 is 15.4 Å². The van der Waals surface area contributed by atoms with Crippen LogP contribution in [0.1, 0.15) is 18.4 Å². The largest absolute Gasteiger partial charge is 0.497 e. The average molecular weight is 381 g/mol. The predicted octanol–water partition coefficient (Wildman–Crippen LogP) is 2.58. The fraction of sp³-hybridized carbons (Fsp3) is 0.286. The number of anilines is 1. The Morgan fingerprint density at radius 3 is 2.68 bits per heavy atom. The summed E-state index contributed by atoms with van der Waals surface area (Å²) < 4.78 is 5.12. The van der Waals surface area contributed by atoms with Gasteiger partial charge in [-0.15, -0.1) is 0 Å². The van der Waals surface area contributed by atoms with Crippen LogP contribution in [0.3, 0.4) is 0 Å². The second-order valence-corrected chi connectivity index (χ2v) is 6.55. The molecule has 1 heterocycles. The van der Waals surface area contributed by atoms with Gasteiger partial charge >= 0.3 is 6.03 Å². The van der Waals surface area contributed by atoms with Crippen molar-refractivity contribution in [1.29, 1.82) is 0 Å². The van der Waals surface area contributed by atoms with Gasteiger partial charge < -0.3 is 15.4 Å². The molecule has 0 aromatic heterocycles. The normalized spacial score (nSPS) is 16.0. The molecule has 1 saturated heterocycles. The highest BCUT2D eigenvalue weighted by molar-refractivity contribution is 6.04. The van der Waals surface area contributed by atoms with Gasteiger partial charge in [0.2, 0.25) is 5.91 Å². The summed E-state index contributed by atoms with van der Waals surface area (Å²) in [5.74, 6) is 0.137. The van der Waals surface area contributed by atoms with E-state index in [-0.39, 0.29) is 24.7 Å². The molecule has 7 nitrogen and oxygen atoms in total. The van der Waals surface area contributed by atoms with Gasteiger partial charge in [0.05, 0.1) is 7.11 Å². The lowest BCUT2D eigenvalue weighted by Crippen LogP contribution is -2.33. The van der Waals surface area contributed by atoms with Crippen LogP contribution in [0.2, 0.25) is 0 Å². The highest BCUT2D eigenvalue weighted by Gasteiger charge is 2.37. The van der Waals surface area contributed by atoms with Crippen molar-refractivity contribution in [3.63, 3.8) is 0 Å². The molecule has 4 amide bonds. The van der Waals surface area contributed by atoms with E-state index in [1.54, 1.807) is 31.4 Å². The average Bonchev–Trinajstić information content (AvgIpc) is 2.98. The molecule has 2 N–H and O–H groups in total. The lowest BCUT2D eigenvalue weighted by Gasteiger charge is -2.13. The van der Waals surface area contributed by atoms with Gasteiger partial charge in [0.25, 0.3) is 5.91 Å². The zero-order valence-electron chi connectivity index (χ0n) is 15.7. The molecule has 1 atom stereocenters. The van der Waals surface area contributed by atoms with Gasteiger partial charge in [-0.05, 0) is 30.5 Å². The molecule has 7 heteroatoms. The van der Waals surface area contributed by atoms with E-state index in [0.29, 0.717) is 24.4 Å². The molecule has 2 aromatic rings. The number of imide groups is 1. The van der Waals surface area contributed by atoms with Crippen LogP contribution in [0.15, 0.2) is 54.6 Å². The van der Waals surface area contributed by atoms with E-state index in [1.807, 2.05) is 30.3 Å². The van der Waals surface area contributed by atoms with Crippen LogP contribution >= 0.6 is 0 Å². The Labute approximate surface area is 163 Å². The Bertz CT molecular complexity index is 854. The molecule has 0 bridgehead atoms. The highest BCUT2D eigenvalue weighted by Crippen LogP contribution is 2.18. The Balaban J connectivity index is 1.48. The smallest absolute Gasteiger partial charge is 0.324 e. The fourth-order valence-corrected chi connectivity index (χ4v) is 3.07. The molecule has 146 valence electrons. The number of benzene rings is 2. The highest BCUT2D eigenvalue weighted by atomic mass is 16.5. The molecule has 0 saturated carbocycles. The summed E-state index contributed by atoms with van der Waals surface area (Å²) in [6, 6.07) is 15.6. The number of hydrogen-bond acceptors (Lipinski definition) is 4. The first-order chi connectivity index (χ1) is 13.6. The monoisotopic (exact) mass is 381 g/mol. The molecule has 0 radical (unpaired) electrons. The zero-order chi connectivity index (χ0) is 19.9. The number of carbonyl (C=O) groups is 3. The van der Waals surface area contributed by atoms with Crippen molar-refractivity contribution < 1.29 is 19.1 Å². The number of nitrogens with one attached hydrogen (secondary N) is 2. The first kappa shape index (κ1) is 19.4. The van der Waals surface area contributed by atoms with Crippen molar-refractivity contribution in [2.75, 3.05) is 19.0 Å². The molecular formula is C21H23N3O4. The van der Waals surface area contributed by atoms with Gasteiger partial charge in [-0.25, -0.2) is 4.79 Å². The molecule has 2 aromatic carbocycles. The summed E-state index contributed by atoms with van der Waals surface area (Å²) in [5, 5.41) is 5.43. The lowest BCUT2D eigenvalue weighted by molar-refractivity contribution is -0.127. The van der Waals surface area contributed by atoms with Crippen LogP contribution in [-0.4, -0.2) is 42.4 Å². The minimum absolute atomic E-state index is 0.125. The second-order valence-electron chi connectivity index (χ2n) is 6.55. The number of hydrogen-bond donors (Lipinski definition) is 2. The lowest BCUT2D eigenvalue weighted by atomic mass is 10.1. The van der Waals surface area contributed by atoms with Crippen LogP contribution in [0.5, 0.6) is 5.75 Å². The van der Waals surface area contributed by atoms with E-state index >= 15 is 0 Å². The molecule has 1 aliphatic heterocycles. The van der Waals surface area contributed by atoms with E-state index in [9.17, 15) is 14.4 Å². The Morgan fingerprint density at radius 1 is 1.14 bits per heavy atom. The first-order valence-electron chi connectivity index (χ1n) is 9.16. The van der Waals surface area contributed by atoms with Gasteiger partial charge in [-0.2, -0.15) is 0 Å². The van der Waals surface area contributed by atoms with Crippen molar-refractivity contribution in [1.82, 2.24) is 10.2 Å². The number of rotatable bonds is 8. The number of methoxy groups -OCH3 is 1. The van der Waals surface area contributed by atoms with Gasteiger partial charge in [-0.3, -0.25) is 14.5 Å². The molecule has 1 unspecified atom stereocenters. The van der Waals surface area contributed by atoms with Crippen molar-refractivity contribution in [3.05, 3.63) is 60.2 Å². The third-order valence-electron chi connectivity index (χ3n) is 4.59. The van der Waals surface area contributed by atoms with E-state index in [0.717, 1.165) is 5.56 Å². The Hall–Kier alpha value is -3.35. The summed E-state index contributed by atoms with van der Waals surface area (Å²) in [6.45, 7) is 0.321. The van der Waals surface area contributed by atoms with Crippen LogP contribution in [0.25, 0.3) is 0 Å². The third kappa shape index (κ3) is 4.88. The van der Waals surface area contributed by atoms with Gasteiger partial charge in [0, 0.05) is 24.7 Å². The van der Waals surface area contributed by atoms with E-state index in [4.69, 9.17) is 4.74 Å². The summed E-state index contributed by atoms with van der Waals surface area (Å²) in [5.41, 5.74) is 1.68. The minimum Gasteiger partial charge on any atom is -0.497 e. The van der Waals surface area contributed by atoms with Crippen LogP contribution in [0.4, 0.5) is 10.5 Å². The van der Waals surface area contributed by atoms with E-state index in [1.165, 1.54) is 4.90 Å². The number of amides is 4. The minimum atomic E-state index is -0.667. The number of nitrogens with zero attached hydrogens (tertiary/aromatic N) is 1. The van der Waals surface area contributed by atoms with Crippen LogP contribution in [-0.2, 0) is 16.0 Å². The molecule has 1 aliphatic rings. The summed E-state index contributed by atoms with van der Waals surface area (Å²) in [4.78, 5) is 38.0. The van der Waals surface area contributed by atoms with Crippen molar-refractivity contribution in [2.45, 2.75) is 25.3 Å². The summed E-state index contributed by atoms with van der Waals surface area (Å²) in [6.07, 6.45) is 0.978. The van der Waals surface area contributed by atoms with Gasteiger partial charge in [-0.1, -0.05) is 36.4 Å². The Kier molecular flexibility index (Phi) is 6.26. The maximum Gasteiger partial charge on any atom is 0.324 e. The summed E-state index contributed by atoms with van der Waals surface area (Å²) in [7, 11) is 1.55. The quantitative estimate of drug-likeness (QED) is 0.688. The van der Waals surface area contributed by atoms with Gasteiger partial charge in [0.15, 0.2) is 0 Å². The molecular weight excluding hydrogens is 358 g/mol. The Morgan fingerprint density at radius 2 is 1.93 bits per heavy atom. The predicted molar refractivity (Wildman–Crippen MR) is 105 cm³/mol. The fourth-order valence-electron chi connectivity index (χ4n) is 3.07. The third-order valence-corrected chi connectivity index (χ3v) is 4.59. The topological polar surface area (TPSA) is 87.7 Å². The number of urea groups is 1. The molecule has 1 fully saturated rings. The first-order valence-corrected chi connectivity index (χ1v) is 9.16. The maximum atomic E-state index is 12.5. The van der Waals surface area contributed by atoms with Gasteiger partial charge in [0.1, 0.15) is 11.8 Å². The second kappa shape index (κ2) is 9.03. The molecule has 28 heavy (non-hydrogen) atoms. The number of carbonyl (C=O) groups excluding carboxylic acids is 3. The summed E-state index contributed by atoms with van der Waals surface area (Å²) >= 11 is 0. The molecule has 3 rings (SSSR count). The number of ether oxygens (including phenoxy) is 1. The van der Waals surface area contributed by atoms with Crippen LogP contribution in [0, 0.1) is 0 Å². The van der Waals surface area contributed by atoms with E-state index in [2.05, 4.69) is 10.6 Å². The van der Waals surface area contributed by atoms with Crippen molar-refractivity contribution in [3.8, 4) is 5.75 Å². The van der Waals surface area contributed by atoms with Crippen molar-refractivity contribution >= 4 is 23.5 Å². The van der Waals surface area contributed by atoms with E-state index < -0.39 is 12.1 Å². The SMILES string of the molecule is COc1cccc(NC(=O)CCC2NC(=O)N(CCc3ccccc3)C2=O)c1.